The first-order chi connectivity index (χ1) is 20.0. The van der Waals surface area contributed by atoms with Crippen LogP contribution >= 0.6 is 0 Å². The number of ether oxygens (including phenoxy) is 2. The van der Waals surface area contributed by atoms with Gasteiger partial charge >= 0.3 is 0 Å². The molecule has 2 aromatic heterocycles. The van der Waals surface area contributed by atoms with Gasteiger partial charge in [0.1, 0.15) is 17.1 Å². The van der Waals surface area contributed by atoms with Crippen LogP contribution in [-0.2, 0) is 14.8 Å². The third-order valence-corrected chi connectivity index (χ3v) is 7.17. The van der Waals surface area contributed by atoms with Crippen molar-refractivity contribution in [3.05, 3.63) is 54.2 Å². The summed E-state index contributed by atoms with van der Waals surface area (Å²) in [7, 11) is -2.56. The number of fused-ring (bicyclic) bond motifs is 1. The smallest absolute Gasteiger partial charge is 0.232 e. The molecule has 4 aromatic rings. The maximum atomic E-state index is 15.3. The standard InChI is InChI=1S/C23H21F3N6O3S.C5H12O/c1-35-18-10-12(14-4-2-5-17(19(14)26)32-36(33,34)7-3-6-24)8-15-20(18)30-23(31-21(15)27)13-9-16(25)22(28)29-11-13;1-3-5-6-4-2/h2,4-5,8-11,32H,3,6-7H2,1H3,(H2,28,29)(H2,27,30,31);3-5H2,1-2H3. The largest absolute Gasteiger partial charge is 0.494 e. The number of methoxy groups -OCH3 is 1. The molecule has 2 aromatic carbocycles. The van der Waals surface area contributed by atoms with Crippen LogP contribution in [0, 0.1) is 11.6 Å². The highest BCUT2D eigenvalue weighted by molar-refractivity contribution is 7.92. The van der Waals surface area contributed by atoms with E-state index in [1.807, 2.05) is 6.92 Å². The van der Waals surface area contributed by atoms with Gasteiger partial charge in [-0.2, -0.15) is 0 Å². The fourth-order valence-corrected chi connectivity index (χ4v) is 4.90. The van der Waals surface area contributed by atoms with E-state index in [-0.39, 0.29) is 52.0 Å². The quantitative estimate of drug-likeness (QED) is 0.192. The van der Waals surface area contributed by atoms with E-state index in [1.165, 1.54) is 43.6 Å². The van der Waals surface area contributed by atoms with Gasteiger partial charge in [-0.15, -0.1) is 0 Å². The fourth-order valence-electron chi connectivity index (χ4n) is 3.82. The lowest BCUT2D eigenvalue weighted by molar-refractivity contribution is 0.148. The molecule has 4 rings (SSSR count). The van der Waals surface area contributed by atoms with Crippen LogP contribution in [0.25, 0.3) is 33.4 Å². The molecule has 0 fully saturated rings. The summed E-state index contributed by atoms with van der Waals surface area (Å²) in [5, 5.41) is 0.324. The number of alkyl halides is 1. The van der Waals surface area contributed by atoms with Crippen molar-refractivity contribution in [2.75, 3.05) is 48.9 Å². The van der Waals surface area contributed by atoms with E-state index in [2.05, 4.69) is 26.6 Å². The second kappa shape index (κ2) is 14.6. The summed E-state index contributed by atoms with van der Waals surface area (Å²) in [6, 6.07) is 8.32. The second-order valence-corrected chi connectivity index (χ2v) is 10.8. The van der Waals surface area contributed by atoms with Crippen molar-refractivity contribution in [3.63, 3.8) is 0 Å². The summed E-state index contributed by atoms with van der Waals surface area (Å²) in [4.78, 5) is 12.4. The van der Waals surface area contributed by atoms with Crippen molar-refractivity contribution >= 4 is 38.2 Å². The molecule has 0 unspecified atom stereocenters. The lowest BCUT2D eigenvalue weighted by Gasteiger charge is -2.14. The third-order valence-electron chi connectivity index (χ3n) is 5.82. The Morgan fingerprint density at radius 1 is 1.02 bits per heavy atom. The van der Waals surface area contributed by atoms with Gasteiger partial charge in [-0.3, -0.25) is 9.11 Å². The number of nitrogens with one attached hydrogen (secondary N) is 1. The van der Waals surface area contributed by atoms with Gasteiger partial charge in [-0.1, -0.05) is 19.1 Å². The Morgan fingerprint density at radius 2 is 1.79 bits per heavy atom. The molecule has 0 saturated heterocycles. The molecule has 226 valence electrons. The van der Waals surface area contributed by atoms with E-state index in [4.69, 9.17) is 20.9 Å². The lowest BCUT2D eigenvalue weighted by Crippen LogP contribution is -2.18. The van der Waals surface area contributed by atoms with Gasteiger partial charge in [0.05, 0.1) is 25.2 Å². The van der Waals surface area contributed by atoms with Crippen molar-refractivity contribution in [1.82, 2.24) is 15.0 Å². The number of pyridine rings is 1. The predicted octanol–water partition coefficient (Wildman–Crippen LogP) is 5.34. The summed E-state index contributed by atoms with van der Waals surface area (Å²) < 4.78 is 78.5. The van der Waals surface area contributed by atoms with Crippen LogP contribution in [0.5, 0.6) is 5.75 Å². The fraction of sp³-hybridized carbons (Fsp3) is 0.321. The Balaban J connectivity index is 0.000000730. The van der Waals surface area contributed by atoms with Gasteiger partial charge in [-0.25, -0.2) is 32.2 Å². The first-order valence-corrected chi connectivity index (χ1v) is 14.7. The van der Waals surface area contributed by atoms with Crippen LogP contribution in [0.2, 0.25) is 0 Å². The number of hydrogen-bond donors (Lipinski definition) is 3. The topological polar surface area (TPSA) is 155 Å². The second-order valence-electron chi connectivity index (χ2n) is 8.93. The number of nitrogens with two attached hydrogens (primary N) is 2. The molecule has 2 heterocycles. The Bertz CT molecular complexity index is 1640. The maximum absolute atomic E-state index is 15.3. The molecule has 0 amide bonds. The molecule has 0 aliphatic carbocycles. The Labute approximate surface area is 242 Å². The highest BCUT2D eigenvalue weighted by Crippen LogP contribution is 2.37. The van der Waals surface area contributed by atoms with E-state index in [0.717, 1.165) is 25.7 Å². The van der Waals surface area contributed by atoms with Crippen molar-refractivity contribution in [2.45, 2.75) is 26.7 Å². The first kappa shape index (κ1) is 32.3. The summed E-state index contributed by atoms with van der Waals surface area (Å²) >= 11 is 0. The highest BCUT2D eigenvalue weighted by Gasteiger charge is 2.19. The summed E-state index contributed by atoms with van der Waals surface area (Å²) in [6.45, 7) is 5.07. The Morgan fingerprint density at radius 3 is 2.40 bits per heavy atom. The van der Waals surface area contributed by atoms with Crippen molar-refractivity contribution < 1.29 is 31.1 Å². The zero-order chi connectivity index (χ0) is 30.9. The minimum absolute atomic E-state index is 0.0101. The average Bonchev–Trinajstić information content (AvgIpc) is 2.97. The zero-order valence-electron chi connectivity index (χ0n) is 23.5. The van der Waals surface area contributed by atoms with E-state index in [9.17, 15) is 17.2 Å². The van der Waals surface area contributed by atoms with Gasteiger partial charge in [0.25, 0.3) is 0 Å². The van der Waals surface area contributed by atoms with E-state index >= 15 is 4.39 Å². The van der Waals surface area contributed by atoms with Crippen LogP contribution in [0.4, 0.5) is 30.5 Å². The zero-order valence-corrected chi connectivity index (χ0v) is 24.3. The summed E-state index contributed by atoms with van der Waals surface area (Å²) in [5.41, 5.74) is 12.2. The number of aromatic nitrogens is 3. The number of halogens is 3. The molecular weight excluding hydrogens is 573 g/mol. The Hall–Kier alpha value is -4.17. The normalized spacial score (nSPS) is 11.2. The monoisotopic (exact) mass is 606 g/mol. The number of nitrogen functional groups attached to an aromatic ring is 2. The van der Waals surface area contributed by atoms with Crippen LogP contribution in [-0.4, -0.2) is 56.1 Å². The minimum atomic E-state index is -3.94. The molecule has 0 radical (unpaired) electrons. The van der Waals surface area contributed by atoms with Crippen LogP contribution in [0.1, 0.15) is 26.7 Å². The number of anilines is 3. The number of nitrogens with zero attached hydrogens (tertiary/aromatic N) is 3. The molecular formula is C28H33F3N6O4S. The van der Waals surface area contributed by atoms with E-state index < -0.39 is 34.1 Å². The number of hydrogen-bond acceptors (Lipinski definition) is 9. The Kier molecular flexibility index (Phi) is 11.3. The number of sulfonamides is 1. The van der Waals surface area contributed by atoms with Crippen LogP contribution < -0.4 is 20.9 Å². The lowest BCUT2D eigenvalue weighted by atomic mass is 10.0. The molecule has 10 nitrogen and oxygen atoms in total. The number of benzene rings is 2. The van der Waals surface area contributed by atoms with Gasteiger partial charge < -0.3 is 20.9 Å². The number of rotatable bonds is 11. The van der Waals surface area contributed by atoms with E-state index in [0.29, 0.717) is 10.9 Å². The van der Waals surface area contributed by atoms with Crippen molar-refractivity contribution in [3.8, 4) is 28.3 Å². The highest BCUT2D eigenvalue weighted by atomic mass is 32.2. The molecule has 5 N–H and O–H groups in total. The van der Waals surface area contributed by atoms with Crippen molar-refractivity contribution in [1.29, 1.82) is 0 Å². The van der Waals surface area contributed by atoms with Gasteiger partial charge in [0, 0.05) is 35.9 Å². The molecule has 0 spiro atoms. The van der Waals surface area contributed by atoms with Gasteiger partial charge in [-0.05, 0) is 49.6 Å². The van der Waals surface area contributed by atoms with Crippen LogP contribution in [0.15, 0.2) is 42.6 Å². The van der Waals surface area contributed by atoms with Crippen LogP contribution in [0.3, 0.4) is 0 Å². The average molecular weight is 607 g/mol. The SMILES string of the molecule is CCCOCC.COc1cc(-c2cccc(NS(=O)(=O)CCCF)c2F)cc2c(N)nc(-c3cnc(N)c(F)c3)nc12. The molecule has 0 aliphatic heterocycles. The molecule has 42 heavy (non-hydrogen) atoms. The minimum Gasteiger partial charge on any atom is -0.494 e. The van der Waals surface area contributed by atoms with Crippen molar-refractivity contribution in [2.24, 2.45) is 0 Å². The van der Waals surface area contributed by atoms with Gasteiger partial charge in [0.15, 0.2) is 23.3 Å². The molecule has 0 aliphatic rings. The summed E-state index contributed by atoms with van der Waals surface area (Å²) in [5.74, 6) is -2.04. The predicted molar refractivity (Wildman–Crippen MR) is 158 cm³/mol. The first-order valence-electron chi connectivity index (χ1n) is 13.0. The molecule has 0 saturated carbocycles. The molecule has 0 atom stereocenters. The van der Waals surface area contributed by atoms with E-state index in [1.54, 1.807) is 0 Å². The third kappa shape index (κ3) is 7.97. The summed E-state index contributed by atoms with van der Waals surface area (Å²) in [6.07, 6.45) is 2.22. The van der Waals surface area contributed by atoms with Gasteiger partial charge in [0.2, 0.25) is 10.0 Å². The maximum Gasteiger partial charge on any atom is 0.232 e. The molecule has 14 heteroatoms. The molecule has 0 bridgehead atoms.